The molecule has 1 fully saturated rings. The van der Waals surface area contributed by atoms with Crippen molar-refractivity contribution in [1.29, 1.82) is 0 Å². The molecule has 2 aromatic heterocycles. The second kappa shape index (κ2) is 7.70. The van der Waals surface area contributed by atoms with Crippen LogP contribution in [0.2, 0.25) is 0 Å². The largest absolute Gasteiger partial charge is 0.489 e. The summed E-state index contributed by atoms with van der Waals surface area (Å²) in [6.07, 6.45) is 5.50. The van der Waals surface area contributed by atoms with Crippen LogP contribution in [0.15, 0.2) is 30.5 Å². The number of hydrogen-bond acceptors (Lipinski definition) is 7. The highest BCUT2D eigenvalue weighted by molar-refractivity contribution is 7.22. The van der Waals surface area contributed by atoms with Crippen LogP contribution in [0, 0.1) is 6.92 Å². The van der Waals surface area contributed by atoms with Gasteiger partial charge in [-0.25, -0.2) is 9.97 Å². The molecule has 0 amide bonds. The number of aliphatic hydroxyl groups is 1. The fraction of sp³-hybridized carbons (Fsp3) is 0.400. The third-order valence-corrected chi connectivity index (χ3v) is 6.10. The first-order valence-corrected chi connectivity index (χ1v) is 10.1. The minimum Gasteiger partial charge on any atom is -0.489 e. The van der Waals surface area contributed by atoms with Gasteiger partial charge in [0.25, 0.3) is 0 Å². The molecule has 6 nitrogen and oxygen atoms in total. The van der Waals surface area contributed by atoms with Gasteiger partial charge in [-0.1, -0.05) is 24.2 Å². The molecule has 3 aromatic rings. The smallest absolute Gasteiger partial charge is 0.184 e. The average molecular weight is 385 g/mol. The molecule has 142 valence electrons. The first-order valence-electron chi connectivity index (χ1n) is 9.28. The molecule has 1 aliphatic rings. The Morgan fingerprint density at radius 2 is 2.15 bits per heavy atom. The molecule has 0 aliphatic heterocycles. The maximum atomic E-state index is 10.2. The van der Waals surface area contributed by atoms with Gasteiger partial charge in [-0.3, -0.25) is 0 Å². The molecule has 27 heavy (non-hydrogen) atoms. The van der Waals surface area contributed by atoms with Gasteiger partial charge in [-0.05, 0) is 55.2 Å². The molecule has 0 bridgehead atoms. The summed E-state index contributed by atoms with van der Waals surface area (Å²) in [7, 11) is 0. The summed E-state index contributed by atoms with van der Waals surface area (Å²) in [6.45, 7) is 2.40. The summed E-state index contributed by atoms with van der Waals surface area (Å²) in [6, 6.07) is 7.93. The summed E-state index contributed by atoms with van der Waals surface area (Å²) < 4.78 is 7.01. The van der Waals surface area contributed by atoms with E-state index in [0.29, 0.717) is 12.4 Å². The second-order valence-corrected chi connectivity index (χ2v) is 8.05. The zero-order valence-corrected chi connectivity index (χ0v) is 16.1. The van der Waals surface area contributed by atoms with E-state index in [1.807, 2.05) is 31.2 Å². The summed E-state index contributed by atoms with van der Waals surface area (Å²) in [5, 5.41) is 14.4. The number of pyridine rings is 1. The van der Waals surface area contributed by atoms with Gasteiger partial charge in [0.2, 0.25) is 0 Å². The van der Waals surface area contributed by atoms with Crippen LogP contribution in [0.5, 0.6) is 5.75 Å². The number of thiazole rings is 1. The van der Waals surface area contributed by atoms with Crippen molar-refractivity contribution in [2.45, 2.75) is 51.4 Å². The van der Waals surface area contributed by atoms with E-state index in [1.54, 1.807) is 17.5 Å². The van der Waals surface area contributed by atoms with E-state index >= 15 is 0 Å². The zero-order valence-electron chi connectivity index (χ0n) is 15.3. The Morgan fingerprint density at radius 3 is 3.00 bits per heavy atom. The van der Waals surface area contributed by atoms with Gasteiger partial charge in [0.05, 0.1) is 22.4 Å². The highest BCUT2D eigenvalue weighted by Gasteiger charge is 2.23. The summed E-state index contributed by atoms with van der Waals surface area (Å²) in [5.74, 6) is 1.33. The van der Waals surface area contributed by atoms with Crippen molar-refractivity contribution in [3.05, 3.63) is 41.6 Å². The fourth-order valence-electron chi connectivity index (χ4n) is 3.41. The van der Waals surface area contributed by atoms with Gasteiger partial charge in [0, 0.05) is 6.20 Å². The zero-order chi connectivity index (χ0) is 18.8. The Balaban J connectivity index is 1.46. The van der Waals surface area contributed by atoms with Gasteiger partial charge in [-0.15, -0.1) is 0 Å². The number of rotatable bonds is 5. The highest BCUT2D eigenvalue weighted by atomic mass is 32.1. The van der Waals surface area contributed by atoms with Gasteiger partial charge in [0.1, 0.15) is 18.2 Å². The number of fused-ring (bicyclic) bond motifs is 1. The van der Waals surface area contributed by atoms with E-state index in [2.05, 4.69) is 15.3 Å². The number of nitrogen functional groups attached to an aromatic ring is 1. The van der Waals surface area contributed by atoms with Crippen LogP contribution >= 0.6 is 11.3 Å². The number of aliphatic hydroxyl groups excluding tert-OH is 1. The van der Waals surface area contributed by atoms with Crippen LogP contribution in [0.25, 0.3) is 10.2 Å². The Kier molecular flexibility index (Phi) is 5.13. The molecule has 2 heterocycles. The standard InChI is InChI=1S/C20H24N4O2S/c1-12-13(8-9-22-19(12)21)11-26-14-6-7-16-18(10-14)27-20(24-16)23-15-4-2-3-5-17(15)25/h6-10,15,17,25H,2-5,11H2,1H3,(H2,21,22)(H,23,24)/t15-,17-/m1/s1. The van der Waals surface area contributed by atoms with Crippen LogP contribution in [0.3, 0.4) is 0 Å². The molecular formula is C20H24N4O2S. The molecule has 0 saturated heterocycles. The quantitative estimate of drug-likeness (QED) is 0.618. The van der Waals surface area contributed by atoms with Gasteiger partial charge in [0.15, 0.2) is 5.13 Å². The van der Waals surface area contributed by atoms with Crippen molar-refractivity contribution in [3.63, 3.8) is 0 Å². The molecular weight excluding hydrogens is 360 g/mol. The minimum atomic E-state index is -0.291. The molecule has 0 spiro atoms. The number of nitrogens with zero attached hydrogens (tertiary/aromatic N) is 2. The molecule has 1 aliphatic carbocycles. The van der Waals surface area contributed by atoms with Crippen LogP contribution < -0.4 is 15.8 Å². The summed E-state index contributed by atoms with van der Waals surface area (Å²) >= 11 is 1.59. The Morgan fingerprint density at radius 1 is 1.30 bits per heavy atom. The normalized spacial score (nSPS) is 19.9. The lowest BCUT2D eigenvalue weighted by Crippen LogP contribution is -2.36. The van der Waals surface area contributed by atoms with Crippen LogP contribution in [0.4, 0.5) is 10.9 Å². The molecule has 2 atom stereocenters. The SMILES string of the molecule is Cc1c(COc2ccc3nc(N[C@@H]4CCCC[C@H]4O)sc3c2)ccnc1N. The monoisotopic (exact) mass is 384 g/mol. The summed E-state index contributed by atoms with van der Waals surface area (Å²) in [4.78, 5) is 8.72. The first-order chi connectivity index (χ1) is 13.1. The molecule has 0 unspecified atom stereocenters. The number of anilines is 2. The van der Waals surface area contributed by atoms with Crippen LogP contribution in [-0.2, 0) is 6.61 Å². The van der Waals surface area contributed by atoms with Crippen molar-refractivity contribution in [2.75, 3.05) is 11.1 Å². The van der Waals surface area contributed by atoms with Crippen molar-refractivity contribution < 1.29 is 9.84 Å². The van der Waals surface area contributed by atoms with Crippen molar-refractivity contribution in [1.82, 2.24) is 9.97 Å². The predicted molar refractivity (Wildman–Crippen MR) is 109 cm³/mol. The van der Waals surface area contributed by atoms with Crippen molar-refractivity contribution in [3.8, 4) is 5.75 Å². The average Bonchev–Trinajstić information content (AvgIpc) is 3.06. The first kappa shape index (κ1) is 18.0. The lowest BCUT2D eigenvalue weighted by molar-refractivity contribution is 0.116. The molecule has 4 N–H and O–H groups in total. The molecule has 1 aromatic carbocycles. The number of benzene rings is 1. The van der Waals surface area contributed by atoms with E-state index in [0.717, 1.165) is 57.9 Å². The van der Waals surface area contributed by atoms with E-state index in [4.69, 9.17) is 10.5 Å². The Bertz CT molecular complexity index is 943. The topological polar surface area (TPSA) is 93.3 Å². The number of aromatic nitrogens is 2. The number of ether oxygens (including phenoxy) is 1. The van der Waals surface area contributed by atoms with Gasteiger partial charge >= 0.3 is 0 Å². The Hall–Kier alpha value is -2.38. The third kappa shape index (κ3) is 3.99. The fourth-order valence-corrected chi connectivity index (χ4v) is 4.36. The molecule has 7 heteroatoms. The van der Waals surface area contributed by atoms with Crippen molar-refractivity contribution >= 4 is 32.5 Å². The lowest BCUT2D eigenvalue weighted by atomic mass is 9.93. The number of nitrogens with two attached hydrogens (primary N) is 1. The van der Waals surface area contributed by atoms with Gasteiger partial charge in [-0.2, -0.15) is 0 Å². The Labute approximate surface area is 162 Å². The maximum Gasteiger partial charge on any atom is 0.184 e. The van der Waals surface area contributed by atoms with Crippen LogP contribution in [0.1, 0.15) is 36.8 Å². The van der Waals surface area contributed by atoms with E-state index in [-0.39, 0.29) is 12.1 Å². The predicted octanol–water partition coefficient (Wildman–Crippen LogP) is 3.88. The van der Waals surface area contributed by atoms with E-state index in [1.165, 1.54) is 0 Å². The van der Waals surface area contributed by atoms with E-state index < -0.39 is 0 Å². The molecule has 1 saturated carbocycles. The molecule has 4 rings (SSSR count). The molecule has 0 radical (unpaired) electrons. The highest BCUT2D eigenvalue weighted by Crippen LogP contribution is 2.31. The van der Waals surface area contributed by atoms with Crippen molar-refractivity contribution in [2.24, 2.45) is 0 Å². The maximum absolute atomic E-state index is 10.2. The lowest BCUT2D eigenvalue weighted by Gasteiger charge is -2.27. The minimum absolute atomic E-state index is 0.0927. The summed E-state index contributed by atoms with van der Waals surface area (Å²) in [5.41, 5.74) is 8.77. The third-order valence-electron chi connectivity index (χ3n) is 5.15. The van der Waals surface area contributed by atoms with Crippen LogP contribution in [-0.4, -0.2) is 27.2 Å². The second-order valence-electron chi connectivity index (χ2n) is 7.02. The number of nitrogens with one attached hydrogen (secondary N) is 1. The van der Waals surface area contributed by atoms with E-state index in [9.17, 15) is 5.11 Å². The number of hydrogen-bond donors (Lipinski definition) is 3. The van der Waals surface area contributed by atoms with Gasteiger partial charge < -0.3 is 20.9 Å².